The van der Waals surface area contributed by atoms with Gasteiger partial charge in [0.25, 0.3) is 5.91 Å². The van der Waals surface area contributed by atoms with E-state index in [0.29, 0.717) is 11.5 Å². The molecule has 1 aromatic heterocycles. The van der Waals surface area contributed by atoms with Gasteiger partial charge >= 0.3 is 0 Å². The van der Waals surface area contributed by atoms with Crippen LogP contribution in [-0.2, 0) is 11.2 Å². The number of carbonyl (C=O) groups is 1. The molecule has 0 aliphatic rings. The number of para-hydroxylation sites is 2. The maximum absolute atomic E-state index is 11.9. The molecule has 2 rings (SSSR count). The van der Waals surface area contributed by atoms with Crippen LogP contribution in [-0.4, -0.2) is 25.7 Å². The number of nitrogens with one attached hydrogen (secondary N) is 1. The molecule has 0 bridgehead atoms. The molecular weight excluding hydrogens is 270 g/mol. The molecule has 5 heteroatoms. The minimum Gasteiger partial charge on any atom is -0.493 e. The summed E-state index contributed by atoms with van der Waals surface area (Å²) < 4.78 is 15.6. The lowest BCUT2D eigenvalue weighted by molar-refractivity contribution is -0.123. The molecule has 0 saturated heterocycles. The molecular formula is C16H19NO4. The average molecular weight is 289 g/mol. The highest BCUT2D eigenvalue weighted by atomic mass is 16.5. The molecule has 1 atom stereocenters. The second-order valence-corrected chi connectivity index (χ2v) is 4.74. The first-order chi connectivity index (χ1) is 10.2. The fourth-order valence-corrected chi connectivity index (χ4v) is 2.01. The lowest BCUT2D eigenvalue weighted by Gasteiger charge is -2.14. The third-order valence-corrected chi connectivity index (χ3v) is 2.96. The first-order valence-corrected chi connectivity index (χ1v) is 6.75. The summed E-state index contributed by atoms with van der Waals surface area (Å²) in [7, 11) is 1.56. The van der Waals surface area contributed by atoms with E-state index in [0.717, 1.165) is 12.0 Å². The predicted molar refractivity (Wildman–Crippen MR) is 78.5 cm³/mol. The van der Waals surface area contributed by atoms with Gasteiger partial charge in [0.05, 0.1) is 19.6 Å². The third-order valence-electron chi connectivity index (χ3n) is 2.96. The first-order valence-electron chi connectivity index (χ1n) is 6.75. The van der Waals surface area contributed by atoms with Crippen molar-refractivity contribution in [3.8, 4) is 11.5 Å². The van der Waals surface area contributed by atoms with E-state index in [-0.39, 0.29) is 18.6 Å². The highest BCUT2D eigenvalue weighted by molar-refractivity contribution is 5.77. The molecule has 0 saturated carbocycles. The molecule has 0 fully saturated rings. The molecule has 112 valence electrons. The van der Waals surface area contributed by atoms with Crippen molar-refractivity contribution in [1.82, 2.24) is 5.32 Å². The zero-order valence-corrected chi connectivity index (χ0v) is 12.2. The fraction of sp³-hybridized carbons (Fsp3) is 0.312. The maximum atomic E-state index is 11.9. The molecule has 2 aromatic rings. The van der Waals surface area contributed by atoms with Crippen LogP contribution in [0.2, 0.25) is 0 Å². The van der Waals surface area contributed by atoms with Gasteiger partial charge in [-0.3, -0.25) is 4.79 Å². The van der Waals surface area contributed by atoms with Crippen LogP contribution in [0.4, 0.5) is 0 Å². The number of carbonyl (C=O) groups excluding carboxylic acids is 1. The summed E-state index contributed by atoms with van der Waals surface area (Å²) in [4.78, 5) is 11.9. The normalized spacial score (nSPS) is 11.7. The quantitative estimate of drug-likeness (QED) is 0.850. The highest BCUT2D eigenvalue weighted by Gasteiger charge is 2.11. The van der Waals surface area contributed by atoms with Gasteiger partial charge in [-0.1, -0.05) is 12.1 Å². The zero-order chi connectivity index (χ0) is 15.1. The van der Waals surface area contributed by atoms with E-state index in [1.165, 1.54) is 0 Å². The van der Waals surface area contributed by atoms with E-state index >= 15 is 0 Å². The summed E-state index contributed by atoms with van der Waals surface area (Å²) >= 11 is 0. The van der Waals surface area contributed by atoms with Crippen molar-refractivity contribution in [3.05, 3.63) is 48.4 Å². The van der Waals surface area contributed by atoms with E-state index < -0.39 is 0 Å². The fourth-order valence-electron chi connectivity index (χ4n) is 2.01. The SMILES string of the molecule is COc1ccccc1OCC(=O)N[C@H](C)Cc1ccoc1. The van der Waals surface area contributed by atoms with Crippen LogP contribution >= 0.6 is 0 Å². The van der Waals surface area contributed by atoms with Gasteiger partial charge in [0, 0.05) is 6.04 Å². The molecule has 1 N–H and O–H groups in total. The molecule has 0 aliphatic heterocycles. The van der Waals surface area contributed by atoms with Crippen molar-refractivity contribution < 1.29 is 18.7 Å². The minimum atomic E-state index is -0.170. The summed E-state index contributed by atoms with van der Waals surface area (Å²) in [6.45, 7) is 1.89. The molecule has 0 spiro atoms. The van der Waals surface area contributed by atoms with Gasteiger partial charge in [-0.05, 0) is 37.1 Å². The summed E-state index contributed by atoms with van der Waals surface area (Å²) in [5, 5.41) is 2.88. The number of methoxy groups -OCH3 is 1. The Kier molecular flexibility index (Phi) is 5.26. The van der Waals surface area contributed by atoms with Crippen LogP contribution in [0.15, 0.2) is 47.3 Å². The van der Waals surface area contributed by atoms with Gasteiger partial charge in [-0.25, -0.2) is 0 Å². The van der Waals surface area contributed by atoms with Crippen LogP contribution in [0.1, 0.15) is 12.5 Å². The lowest BCUT2D eigenvalue weighted by atomic mass is 10.1. The van der Waals surface area contributed by atoms with Crippen LogP contribution in [0.25, 0.3) is 0 Å². The standard InChI is InChI=1S/C16H19NO4/c1-12(9-13-7-8-20-10-13)17-16(18)11-21-15-6-4-3-5-14(15)19-2/h3-8,10,12H,9,11H2,1-2H3,(H,17,18)/t12-/m1/s1. The van der Waals surface area contributed by atoms with Crippen LogP contribution in [0.5, 0.6) is 11.5 Å². The molecule has 1 heterocycles. The Hall–Kier alpha value is -2.43. The number of furan rings is 1. The molecule has 5 nitrogen and oxygen atoms in total. The van der Waals surface area contributed by atoms with E-state index in [1.807, 2.05) is 25.1 Å². The second kappa shape index (κ2) is 7.38. The van der Waals surface area contributed by atoms with E-state index in [4.69, 9.17) is 13.9 Å². The molecule has 1 amide bonds. The van der Waals surface area contributed by atoms with Crippen LogP contribution < -0.4 is 14.8 Å². The number of amides is 1. The van der Waals surface area contributed by atoms with Gasteiger partial charge in [-0.15, -0.1) is 0 Å². The second-order valence-electron chi connectivity index (χ2n) is 4.74. The molecule has 0 radical (unpaired) electrons. The van der Waals surface area contributed by atoms with Crippen molar-refractivity contribution in [3.63, 3.8) is 0 Å². The van der Waals surface area contributed by atoms with E-state index in [9.17, 15) is 4.79 Å². The van der Waals surface area contributed by atoms with E-state index in [1.54, 1.807) is 31.8 Å². The van der Waals surface area contributed by atoms with Crippen molar-refractivity contribution in [2.45, 2.75) is 19.4 Å². The topological polar surface area (TPSA) is 60.7 Å². The Bertz CT molecular complexity index is 565. The van der Waals surface area contributed by atoms with Crippen molar-refractivity contribution in [1.29, 1.82) is 0 Å². The van der Waals surface area contributed by atoms with Crippen molar-refractivity contribution in [2.75, 3.05) is 13.7 Å². The summed E-state index contributed by atoms with van der Waals surface area (Å²) in [6.07, 6.45) is 4.01. The Morgan fingerprint density at radius 2 is 2.05 bits per heavy atom. The number of benzene rings is 1. The van der Waals surface area contributed by atoms with Gasteiger partial charge in [0.2, 0.25) is 0 Å². The zero-order valence-electron chi connectivity index (χ0n) is 12.2. The summed E-state index contributed by atoms with van der Waals surface area (Å²) in [6, 6.07) is 9.12. The lowest BCUT2D eigenvalue weighted by Crippen LogP contribution is -2.37. The van der Waals surface area contributed by atoms with E-state index in [2.05, 4.69) is 5.32 Å². The highest BCUT2D eigenvalue weighted by Crippen LogP contribution is 2.25. The summed E-state index contributed by atoms with van der Waals surface area (Å²) in [5.74, 6) is 0.992. The Labute approximate surface area is 123 Å². The Morgan fingerprint density at radius 3 is 2.71 bits per heavy atom. The van der Waals surface area contributed by atoms with Crippen LogP contribution in [0, 0.1) is 0 Å². The average Bonchev–Trinajstić information content (AvgIpc) is 2.98. The molecule has 0 unspecified atom stereocenters. The Morgan fingerprint density at radius 1 is 1.29 bits per heavy atom. The minimum absolute atomic E-state index is 0.0105. The maximum Gasteiger partial charge on any atom is 0.258 e. The molecule has 0 aliphatic carbocycles. The number of hydrogen-bond acceptors (Lipinski definition) is 4. The largest absolute Gasteiger partial charge is 0.493 e. The number of hydrogen-bond donors (Lipinski definition) is 1. The molecule has 21 heavy (non-hydrogen) atoms. The van der Waals surface area contributed by atoms with Gasteiger partial charge < -0.3 is 19.2 Å². The monoisotopic (exact) mass is 289 g/mol. The smallest absolute Gasteiger partial charge is 0.258 e. The van der Waals surface area contributed by atoms with Gasteiger partial charge in [0.15, 0.2) is 18.1 Å². The number of ether oxygens (including phenoxy) is 2. The predicted octanol–water partition coefficient (Wildman–Crippen LogP) is 2.41. The van der Waals surface area contributed by atoms with Crippen molar-refractivity contribution >= 4 is 5.91 Å². The number of rotatable bonds is 7. The third kappa shape index (κ3) is 4.56. The van der Waals surface area contributed by atoms with Gasteiger partial charge in [-0.2, -0.15) is 0 Å². The molecule has 1 aromatic carbocycles. The van der Waals surface area contributed by atoms with Crippen molar-refractivity contribution in [2.24, 2.45) is 0 Å². The first kappa shape index (κ1) is 15.0. The summed E-state index contributed by atoms with van der Waals surface area (Å²) in [5.41, 5.74) is 1.05. The van der Waals surface area contributed by atoms with Crippen LogP contribution in [0.3, 0.4) is 0 Å². The Balaban J connectivity index is 1.79. The van der Waals surface area contributed by atoms with Gasteiger partial charge in [0.1, 0.15) is 0 Å².